The number of nitrogens with one attached hydrogen (secondary N) is 1. The topological polar surface area (TPSA) is 12.0 Å². The van der Waals surface area contributed by atoms with Gasteiger partial charge in [0.25, 0.3) is 0 Å². The fraction of sp³-hybridized carbons (Fsp3) is 1.00. The first kappa shape index (κ1) is 9.85. The Morgan fingerprint density at radius 1 is 1.38 bits per heavy atom. The van der Waals surface area contributed by atoms with E-state index >= 15 is 0 Å². The van der Waals surface area contributed by atoms with E-state index in [4.69, 9.17) is 0 Å². The lowest BCUT2D eigenvalue weighted by molar-refractivity contribution is 0.216. The molecule has 1 saturated heterocycles. The molecule has 1 heterocycles. The minimum absolute atomic E-state index is 0.597. The first-order chi connectivity index (χ1) is 6.17. The lowest BCUT2D eigenvalue weighted by atomic mass is 9.75. The Hall–Kier alpha value is 0.310. The van der Waals surface area contributed by atoms with E-state index in [1.165, 1.54) is 38.0 Å². The van der Waals surface area contributed by atoms with E-state index in [0.717, 1.165) is 11.3 Å². The van der Waals surface area contributed by atoms with Crippen molar-refractivity contribution in [3.8, 4) is 0 Å². The van der Waals surface area contributed by atoms with Crippen LogP contribution in [0.5, 0.6) is 0 Å². The number of fused-ring (bicyclic) bond motifs is 1. The quantitative estimate of drug-likeness (QED) is 0.644. The molecule has 2 atom stereocenters. The average Bonchev–Trinajstić information content (AvgIpc) is 2.27. The van der Waals surface area contributed by atoms with Gasteiger partial charge in [0.1, 0.15) is 0 Å². The third-order valence-electron chi connectivity index (χ3n) is 3.39. The Bertz CT molecular complexity index is 179. The predicted octanol–water partition coefficient (Wildman–Crippen LogP) is 2.66. The molecule has 2 aliphatic rings. The van der Waals surface area contributed by atoms with Crippen LogP contribution in [0.1, 0.15) is 39.5 Å². The Morgan fingerprint density at radius 2 is 2.23 bits per heavy atom. The van der Waals surface area contributed by atoms with E-state index in [1.54, 1.807) is 0 Å². The maximum atomic E-state index is 3.70. The van der Waals surface area contributed by atoms with Gasteiger partial charge in [0, 0.05) is 11.3 Å². The van der Waals surface area contributed by atoms with Crippen LogP contribution in [-0.2, 0) is 0 Å². The minimum atomic E-state index is 0.597. The third-order valence-corrected chi connectivity index (χ3v) is 4.84. The van der Waals surface area contributed by atoms with Crippen molar-refractivity contribution in [3.05, 3.63) is 0 Å². The zero-order valence-electron chi connectivity index (χ0n) is 8.81. The summed E-state index contributed by atoms with van der Waals surface area (Å²) >= 11 is 2.21. The Balaban J connectivity index is 2.00. The lowest BCUT2D eigenvalue weighted by Gasteiger charge is -2.39. The van der Waals surface area contributed by atoms with E-state index in [1.807, 2.05) is 0 Å². The maximum Gasteiger partial charge on any atom is 0.0206 e. The monoisotopic (exact) mass is 199 g/mol. The molecule has 1 nitrogen and oxygen atoms in total. The third kappa shape index (κ3) is 2.41. The van der Waals surface area contributed by atoms with Gasteiger partial charge < -0.3 is 5.32 Å². The van der Waals surface area contributed by atoms with Gasteiger partial charge in [-0.05, 0) is 43.4 Å². The second-order valence-corrected chi connectivity index (χ2v) is 6.58. The zero-order chi connectivity index (χ0) is 9.31. The predicted molar refractivity (Wildman–Crippen MR) is 60.3 cm³/mol. The summed E-state index contributed by atoms with van der Waals surface area (Å²) in [5.74, 6) is 1.37. The smallest absolute Gasteiger partial charge is 0.0206 e. The molecule has 1 aliphatic carbocycles. The summed E-state index contributed by atoms with van der Waals surface area (Å²) in [6.45, 7) is 6.10. The number of thioether (sulfide) groups is 1. The maximum absolute atomic E-state index is 3.70. The van der Waals surface area contributed by atoms with E-state index in [-0.39, 0.29) is 0 Å². The van der Waals surface area contributed by atoms with Crippen molar-refractivity contribution in [2.45, 2.75) is 50.8 Å². The molecular formula is C11H21NS. The van der Waals surface area contributed by atoms with Gasteiger partial charge in [-0.15, -0.1) is 0 Å². The summed E-state index contributed by atoms with van der Waals surface area (Å²) in [7, 11) is 0. The largest absolute Gasteiger partial charge is 0.313 e. The van der Waals surface area contributed by atoms with Crippen LogP contribution in [-0.4, -0.2) is 23.6 Å². The van der Waals surface area contributed by atoms with Crippen molar-refractivity contribution in [2.75, 3.05) is 12.3 Å². The van der Waals surface area contributed by atoms with Crippen LogP contribution in [0.15, 0.2) is 0 Å². The standard InChI is InChI=1S/C11H21NS/c1-11(2)5-4-9-10(8-11)13-7-3-6-12-9/h9-10,12H,3-8H2,1-2H3. The van der Waals surface area contributed by atoms with Gasteiger partial charge >= 0.3 is 0 Å². The molecular weight excluding hydrogens is 178 g/mol. The van der Waals surface area contributed by atoms with Crippen LogP contribution in [0, 0.1) is 5.41 Å². The average molecular weight is 199 g/mol. The molecule has 0 aromatic rings. The molecule has 0 radical (unpaired) electrons. The lowest BCUT2D eigenvalue weighted by Crippen LogP contribution is -2.43. The first-order valence-corrected chi connectivity index (χ1v) is 6.57. The molecule has 2 unspecified atom stereocenters. The zero-order valence-corrected chi connectivity index (χ0v) is 9.62. The molecule has 0 aromatic carbocycles. The normalized spacial score (nSPS) is 39.2. The van der Waals surface area contributed by atoms with E-state index in [9.17, 15) is 0 Å². The van der Waals surface area contributed by atoms with Gasteiger partial charge in [0.2, 0.25) is 0 Å². The number of hydrogen-bond acceptors (Lipinski definition) is 2. The van der Waals surface area contributed by atoms with Gasteiger partial charge in [-0.1, -0.05) is 13.8 Å². The van der Waals surface area contributed by atoms with Crippen molar-refractivity contribution in [1.82, 2.24) is 5.32 Å². The van der Waals surface area contributed by atoms with Gasteiger partial charge in [0.05, 0.1) is 0 Å². The van der Waals surface area contributed by atoms with Crippen LogP contribution < -0.4 is 5.32 Å². The fourth-order valence-corrected chi connectivity index (χ4v) is 4.17. The second kappa shape index (κ2) is 3.82. The van der Waals surface area contributed by atoms with Gasteiger partial charge in [-0.2, -0.15) is 11.8 Å². The SMILES string of the molecule is CC1(C)CCC2NCCCSC2C1. The molecule has 1 aliphatic heterocycles. The molecule has 1 N–H and O–H groups in total. The molecule has 2 rings (SSSR count). The highest BCUT2D eigenvalue weighted by atomic mass is 32.2. The van der Waals surface area contributed by atoms with Crippen LogP contribution in [0.4, 0.5) is 0 Å². The second-order valence-electron chi connectivity index (χ2n) is 5.23. The van der Waals surface area contributed by atoms with Crippen LogP contribution in [0.3, 0.4) is 0 Å². The summed E-state index contributed by atoms with van der Waals surface area (Å²) in [6, 6.07) is 0.820. The summed E-state index contributed by atoms with van der Waals surface area (Å²) in [5, 5.41) is 4.60. The van der Waals surface area contributed by atoms with E-state index in [2.05, 4.69) is 30.9 Å². The van der Waals surface area contributed by atoms with Crippen molar-refractivity contribution in [3.63, 3.8) is 0 Å². The highest BCUT2D eigenvalue weighted by molar-refractivity contribution is 7.99. The Labute approximate surface area is 86.0 Å². The molecule has 0 aromatic heterocycles. The van der Waals surface area contributed by atoms with Gasteiger partial charge in [-0.3, -0.25) is 0 Å². The molecule has 1 saturated carbocycles. The summed E-state index contributed by atoms with van der Waals surface area (Å²) in [4.78, 5) is 0. The molecule has 76 valence electrons. The Morgan fingerprint density at radius 3 is 3.08 bits per heavy atom. The molecule has 2 fully saturated rings. The summed E-state index contributed by atoms with van der Waals surface area (Å²) in [6.07, 6.45) is 5.57. The molecule has 0 bridgehead atoms. The minimum Gasteiger partial charge on any atom is -0.313 e. The number of hydrogen-bond donors (Lipinski definition) is 1. The first-order valence-electron chi connectivity index (χ1n) is 5.52. The highest BCUT2D eigenvalue weighted by Gasteiger charge is 2.35. The van der Waals surface area contributed by atoms with Crippen molar-refractivity contribution in [1.29, 1.82) is 0 Å². The molecule has 13 heavy (non-hydrogen) atoms. The van der Waals surface area contributed by atoms with Gasteiger partial charge in [0.15, 0.2) is 0 Å². The Kier molecular flexibility index (Phi) is 2.89. The molecule has 0 amide bonds. The van der Waals surface area contributed by atoms with Gasteiger partial charge in [-0.25, -0.2) is 0 Å². The molecule has 0 spiro atoms. The van der Waals surface area contributed by atoms with Crippen LogP contribution in [0.2, 0.25) is 0 Å². The van der Waals surface area contributed by atoms with E-state index < -0.39 is 0 Å². The number of rotatable bonds is 0. The van der Waals surface area contributed by atoms with Crippen molar-refractivity contribution >= 4 is 11.8 Å². The van der Waals surface area contributed by atoms with Crippen LogP contribution >= 0.6 is 11.8 Å². The van der Waals surface area contributed by atoms with Crippen molar-refractivity contribution in [2.24, 2.45) is 5.41 Å². The summed E-state index contributed by atoms with van der Waals surface area (Å²) in [5.41, 5.74) is 0.597. The highest BCUT2D eigenvalue weighted by Crippen LogP contribution is 2.41. The van der Waals surface area contributed by atoms with Crippen molar-refractivity contribution < 1.29 is 0 Å². The molecule has 2 heteroatoms. The van der Waals surface area contributed by atoms with E-state index in [0.29, 0.717) is 5.41 Å². The van der Waals surface area contributed by atoms with Crippen LogP contribution in [0.25, 0.3) is 0 Å². The summed E-state index contributed by atoms with van der Waals surface area (Å²) < 4.78 is 0. The fourth-order valence-electron chi connectivity index (χ4n) is 2.52.